The lowest BCUT2D eigenvalue weighted by atomic mass is 10.3. The first-order chi connectivity index (χ1) is 7.26. The van der Waals surface area contributed by atoms with Crippen molar-refractivity contribution in [3.63, 3.8) is 0 Å². The molecule has 0 saturated carbocycles. The summed E-state index contributed by atoms with van der Waals surface area (Å²) in [5.41, 5.74) is 0. The van der Waals surface area contributed by atoms with Crippen molar-refractivity contribution in [1.82, 2.24) is 0 Å². The molecule has 1 rings (SSSR count). The highest BCUT2D eigenvalue weighted by molar-refractivity contribution is 5.72. The van der Waals surface area contributed by atoms with Gasteiger partial charge in [-0.1, -0.05) is 0 Å². The van der Waals surface area contributed by atoms with E-state index in [9.17, 15) is 0 Å². The van der Waals surface area contributed by atoms with E-state index in [0.717, 1.165) is 5.75 Å². The molecule has 0 unspecified atom stereocenters. The van der Waals surface area contributed by atoms with Gasteiger partial charge in [-0.2, -0.15) is 0 Å². The van der Waals surface area contributed by atoms with E-state index in [-0.39, 0.29) is 0 Å². The molecule has 0 fully saturated rings. The van der Waals surface area contributed by atoms with Gasteiger partial charge in [-0.15, -0.1) is 0 Å². The van der Waals surface area contributed by atoms with E-state index < -0.39 is 0 Å². The number of methoxy groups -OCH3 is 1. The van der Waals surface area contributed by atoms with E-state index in [1.54, 1.807) is 38.3 Å². The van der Waals surface area contributed by atoms with Crippen LogP contribution in [-0.4, -0.2) is 19.6 Å². The maximum atomic E-state index is 5.13. The van der Waals surface area contributed by atoms with Crippen LogP contribution in [0.3, 0.4) is 0 Å². The second-order valence-electron chi connectivity index (χ2n) is 2.81. The molecular formula is C11H15NO3. The van der Waals surface area contributed by atoms with E-state index in [4.69, 9.17) is 14.3 Å². The highest BCUT2D eigenvalue weighted by Crippen LogP contribution is 2.17. The Morgan fingerprint density at radius 2 is 1.80 bits per heavy atom. The van der Waals surface area contributed by atoms with Crippen LogP contribution in [0.4, 0.5) is 0 Å². The number of oxime groups is 1. The van der Waals surface area contributed by atoms with Gasteiger partial charge in [0, 0.05) is 6.92 Å². The first-order valence-corrected chi connectivity index (χ1v) is 4.74. The molecule has 0 bridgehead atoms. The van der Waals surface area contributed by atoms with Crippen molar-refractivity contribution in [1.29, 1.82) is 0 Å². The lowest BCUT2D eigenvalue weighted by Gasteiger charge is -2.03. The van der Waals surface area contributed by atoms with Crippen LogP contribution in [0.25, 0.3) is 0 Å². The molecule has 4 heteroatoms. The third-order valence-electron chi connectivity index (χ3n) is 1.69. The lowest BCUT2D eigenvalue weighted by molar-refractivity contribution is 0.275. The average Bonchev–Trinajstić information content (AvgIpc) is 2.27. The summed E-state index contributed by atoms with van der Waals surface area (Å²) in [6, 6.07) is 7.17. The predicted molar refractivity (Wildman–Crippen MR) is 58.4 cm³/mol. The molecule has 0 N–H and O–H groups in total. The molecule has 0 aliphatic heterocycles. The van der Waals surface area contributed by atoms with E-state index >= 15 is 0 Å². The minimum absolute atomic E-state index is 0.508. The van der Waals surface area contributed by atoms with E-state index in [1.807, 2.05) is 6.92 Å². The van der Waals surface area contributed by atoms with Gasteiger partial charge in [0.05, 0.1) is 13.7 Å². The first-order valence-electron chi connectivity index (χ1n) is 4.74. The summed E-state index contributed by atoms with van der Waals surface area (Å²) in [4.78, 5) is 5.13. The molecule has 1 aromatic rings. The van der Waals surface area contributed by atoms with Crippen LogP contribution in [0.5, 0.6) is 11.5 Å². The standard InChI is InChI=1S/C11H15NO3/c1-4-14-9(2)12-15-11-7-5-10(13-3)6-8-11/h5-8H,4H2,1-3H3/b12-9+. The van der Waals surface area contributed by atoms with Crippen LogP contribution in [0.1, 0.15) is 13.8 Å². The number of benzene rings is 1. The smallest absolute Gasteiger partial charge is 0.223 e. The number of hydrogen-bond acceptors (Lipinski definition) is 4. The van der Waals surface area contributed by atoms with Crippen LogP contribution in [-0.2, 0) is 4.74 Å². The second kappa shape index (κ2) is 5.90. The zero-order chi connectivity index (χ0) is 11.1. The molecule has 0 aromatic heterocycles. The van der Waals surface area contributed by atoms with Crippen molar-refractivity contribution in [3.8, 4) is 11.5 Å². The molecule has 0 atom stereocenters. The van der Waals surface area contributed by atoms with Crippen LogP contribution >= 0.6 is 0 Å². The molecule has 0 amide bonds. The molecule has 0 saturated heterocycles. The Bertz CT molecular complexity index is 319. The molecule has 0 radical (unpaired) electrons. The summed E-state index contributed by atoms with van der Waals surface area (Å²) in [7, 11) is 1.62. The SMILES string of the molecule is CCO/C(C)=N/Oc1ccc(OC)cc1. The summed E-state index contributed by atoms with van der Waals surface area (Å²) >= 11 is 0. The Kier molecular flexibility index (Phi) is 4.47. The molecule has 82 valence electrons. The molecule has 1 aromatic carbocycles. The van der Waals surface area contributed by atoms with Crippen LogP contribution < -0.4 is 9.57 Å². The average molecular weight is 209 g/mol. The van der Waals surface area contributed by atoms with Crippen molar-refractivity contribution in [2.24, 2.45) is 5.16 Å². The van der Waals surface area contributed by atoms with Gasteiger partial charge in [0.15, 0.2) is 5.75 Å². The number of nitrogens with zero attached hydrogens (tertiary/aromatic N) is 1. The fourth-order valence-corrected chi connectivity index (χ4v) is 0.989. The Labute approximate surface area is 89.4 Å². The molecule has 0 heterocycles. The predicted octanol–water partition coefficient (Wildman–Crippen LogP) is 2.44. The Hall–Kier alpha value is -1.71. The van der Waals surface area contributed by atoms with Gasteiger partial charge < -0.3 is 14.3 Å². The van der Waals surface area contributed by atoms with Crippen molar-refractivity contribution in [2.75, 3.05) is 13.7 Å². The van der Waals surface area contributed by atoms with Crippen LogP contribution in [0.2, 0.25) is 0 Å². The van der Waals surface area contributed by atoms with E-state index in [0.29, 0.717) is 18.3 Å². The molecule has 0 aliphatic rings. The molecule has 15 heavy (non-hydrogen) atoms. The van der Waals surface area contributed by atoms with Crippen molar-refractivity contribution < 1.29 is 14.3 Å². The monoisotopic (exact) mass is 209 g/mol. The van der Waals surface area contributed by atoms with Crippen molar-refractivity contribution in [2.45, 2.75) is 13.8 Å². The summed E-state index contributed by atoms with van der Waals surface area (Å²) in [5.74, 6) is 1.94. The van der Waals surface area contributed by atoms with Crippen molar-refractivity contribution in [3.05, 3.63) is 24.3 Å². The second-order valence-corrected chi connectivity index (χ2v) is 2.81. The molecular weight excluding hydrogens is 194 g/mol. The van der Waals surface area contributed by atoms with Gasteiger partial charge in [-0.05, 0) is 36.3 Å². The minimum atomic E-state index is 0.508. The Balaban J connectivity index is 2.54. The normalized spacial score (nSPS) is 11.0. The summed E-state index contributed by atoms with van der Waals surface area (Å²) in [6.45, 7) is 4.22. The van der Waals surface area contributed by atoms with Gasteiger partial charge in [0.1, 0.15) is 5.75 Å². The van der Waals surface area contributed by atoms with E-state index in [1.165, 1.54) is 0 Å². The highest BCUT2D eigenvalue weighted by Gasteiger charge is 1.95. The van der Waals surface area contributed by atoms with Gasteiger partial charge in [-0.3, -0.25) is 0 Å². The zero-order valence-corrected chi connectivity index (χ0v) is 9.19. The fraction of sp³-hybridized carbons (Fsp3) is 0.364. The maximum Gasteiger partial charge on any atom is 0.223 e. The van der Waals surface area contributed by atoms with E-state index in [2.05, 4.69) is 5.16 Å². The third kappa shape index (κ3) is 3.89. The first kappa shape index (κ1) is 11.4. The number of hydrogen-bond donors (Lipinski definition) is 0. The van der Waals surface area contributed by atoms with Crippen molar-refractivity contribution >= 4 is 5.90 Å². The highest BCUT2D eigenvalue weighted by atomic mass is 16.6. The Morgan fingerprint density at radius 3 is 2.33 bits per heavy atom. The van der Waals surface area contributed by atoms with Gasteiger partial charge in [0.2, 0.25) is 5.90 Å². The zero-order valence-electron chi connectivity index (χ0n) is 9.19. The van der Waals surface area contributed by atoms with Gasteiger partial charge in [-0.25, -0.2) is 0 Å². The maximum absolute atomic E-state index is 5.13. The quantitative estimate of drug-likeness (QED) is 0.434. The summed E-state index contributed by atoms with van der Waals surface area (Å²) < 4.78 is 10.1. The summed E-state index contributed by atoms with van der Waals surface area (Å²) in [5, 5.41) is 3.79. The minimum Gasteiger partial charge on any atom is -0.497 e. The third-order valence-corrected chi connectivity index (χ3v) is 1.69. The molecule has 4 nitrogen and oxygen atoms in total. The largest absolute Gasteiger partial charge is 0.497 e. The lowest BCUT2D eigenvalue weighted by Crippen LogP contribution is -2.00. The van der Waals surface area contributed by atoms with Crippen LogP contribution in [0.15, 0.2) is 29.4 Å². The molecule has 0 spiro atoms. The molecule has 0 aliphatic carbocycles. The van der Waals surface area contributed by atoms with Gasteiger partial charge >= 0.3 is 0 Å². The topological polar surface area (TPSA) is 40.0 Å². The Morgan fingerprint density at radius 1 is 1.20 bits per heavy atom. The van der Waals surface area contributed by atoms with Crippen LogP contribution in [0, 0.1) is 0 Å². The summed E-state index contributed by atoms with van der Waals surface area (Å²) in [6.07, 6.45) is 0. The van der Waals surface area contributed by atoms with Gasteiger partial charge in [0.25, 0.3) is 0 Å². The fourth-order valence-electron chi connectivity index (χ4n) is 0.989. The number of rotatable bonds is 4. The number of ether oxygens (including phenoxy) is 2.